The first-order chi connectivity index (χ1) is 15.6. The number of fused-ring (bicyclic) bond motifs is 1. The Labute approximate surface area is 194 Å². The third-order valence-electron chi connectivity index (χ3n) is 4.88. The minimum Gasteiger partial charge on any atom is -0.467 e. The summed E-state index contributed by atoms with van der Waals surface area (Å²) in [4.78, 5) is 29.9. The van der Waals surface area contributed by atoms with Crippen molar-refractivity contribution in [3.8, 4) is 5.69 Å². The molecule has 1 amide bonds. The van der Waals surface area contributed by atoms with Gasteiger partial charge in [0.1, 0.15) is 5.76 Å². The molecule has 0 saturated heterocycles. The van der Waals surface area contributed by atoms with Gasteiger partial charge in [-0.1, -0.05) is 41.6 Å². The first kappa shape index (κ1) is 22.2. The van der Waals surface area contributed by atoms with Gasteiger partial charge in [0, 0.05) is 17.2 Å². The van der Waals surface area contributed by atoms with Crippen LogP contribution >= 0.6 is 23.4 Å². The molecular weight excluding hydrogens is 446 g/mol. The van der Waals surface area contributed by atoms with Crippen molar-refractivity contribution in [2.75, 3.05) is 5.75 Å². The van der Waals surface area contributed by atoms with Crippen LogP contribution in [0.1, 0.15) is 25.0 Å². The molecule has 0 aliphatic heterocycles. The molecular formula is C24H22ClN3O3S. The highest BCUT2D eigenvalue weighted by Gasteiger charge is 2.13. The van der Waals surface area contributed by atoms with Gasteiger partial charge in [0.25, 0.3) is 5.56 Å². The van der Waals surface area contributed by atoms with Crippen LogP contribution in [0.5, 0.6) is 0 Å². The number of para-hydroxylation sites is 1. The number of hydrogen-bond donors (Lipinski definition) is 1. The van der Waals surface area contributed by atoms with Crippen LogP contribution in [0.2, 0.25) is 5.02 Å². The van der Waals surface area contributed by atoms with Crippen LogP contribution in [-0.2, 0) is 11.3 Å². The minimum atomic E-state index is -0.127. The molecule has 32 heavy (non-hydrogen) atoms. The van der Waals surface area contributed by atoms with Crippen molar-refractivity contribution in [3.63, 3.8) is 0 Å². The Kier molecular flexibility index (Phi) is 7.29. The molecule has 4 aromatic rings. The van der Waals surface area contributed by atoms with E-state index in [1.54, 1.807) is 35.1 Å². The predicted octanol–water partition coefficient (Wildman–Crippen LogP) is 5.21. The van der Waals surface area contributed by atoms with Crippen LogP contribution in [0.25, 0.3) is 16.6 Å². The van der Waals surface area contributed by atoms with Gasteiger partial charge < -0.3 is 9.73 Å². The topological polar surface area (TPSA) is 77.1 Å². The van der Waals surface area contributed by atoms with Crippen molar-refractivity contribution in [2.24, 2.45) is 0 Å². The van der Waals surface area contributed by atoms with E-state index in [1.165, 1.54) is 11.8 Å². The van der Waals surface area contributed by atoms with Crippen molar-refractivity contribution < 1.29 is 9.21 Å². The number of halogens is 1. The van der Waals surface area contributed by atoms with E-state index in [9.17, 15) is 9.59 Å². The molecule has 0 atom stereocenters. The molecule has 4 rings (SSSR count). The van der Waals surface area contributed by atoms with Crippen LogP contribution in [0.3, 0.4) is 0 Å². The first-order valence-electron chi connectivity index (χ1n) is 10.3. The molecule has 0 bridgehead atoms. The van der Waals surface area contributed by atoms with Crippen LogP contribution in [0.4, 0.5) is 0 Å². The normalized spacial score (nSPS) is 11.0. The van der Waals surface area contributed by atoms with E-state index >= 15 is 0 Å². The number of unbranched alkanes of at least 4 members (excludes halogenated alkanes) is 1. The lowest BCUT2D eigenvalue weighted by molar-refractivity contribution is -0.121. The number of amides is 1. The zero-order valence-electron chi connectivity index (χ0n) is 17.3. The highest BCUT2D eigenvalue weighted by atomic mass is 35.5. The number of furan rings is 1. The van der Waals surface area contributed by atoms with Gasteiger partial charge in [0.2, 0.25) is 5.91 Å². The number of aromatic nitrogens is 2. The number of hydrogen-bond acceptors (Lipinski definition) is 5. The molecule has 164 valence electrons. The summed E-state index contributed by atoms with van der Waals surface area (Å²) in [6.07, 6.45) is 3.58. The van der Waals surface area contributed by atoms with Gasteiger partial charge in [-0.05, 0) is 55.3 Å². The van der Waals surface area contributed by atoms with E-state index in [-0.39, 0.29) is 11.5 Å². The molecule has 0 aliphatic carbocycles. The smallest absolute Gasteiger partial charge is 0.266 e. The third kappa shape index (κ3) is 5.41. The highest BCUT2D eigenvalue weighted by molar-refractivity contribution is 7.99. The summed E-state index contributed by atoms with van der Waals surface area (Å²) in [5, 5.41) is 4.57. The molecule has 2 heterocycles. The molecule has 0 aliphatic rings. The van der Waals surface area contributed by atoms with Gasteiger partial charge in [-0.15, -0.1) is 0 Å². The summed E-state index contributed by atoms with van der Waals surface area (Å²) in [6.45, 7) is 0.396. The molecule has 0 radical (unpaired) electrons. The van der Waals surface area contributed by atoms with Gasteiger partial charge in [-0.3, -0.25) is 14.2 Å². The van der Waals surface area contributed by atoms with Crippen LogP contribution in [-0.4, -0.2) is 21.2 Å². The lowest BCUT2D eigenvalue weighted by Gasteiger charge is -2.13. The average molecular weight is 468 g/mol. The molecule has 2 aromatic heterocycles. The van der Waals surface area contributed by atoms with E-state index < -0.39 is 0 Å². The maximum atomic E-state index is 13.2. The molecule has 8 heteroatoms. The average Bonchev–Trinajstić information content (AvgIpc) is 3.31. The van der Waals surface area contributed by atoms with Gasteiger partial charge in [-0.25, -0.2) is 4.98 Å². The minimum absolute atomic E-state index is 0.00827. The lowest BCUT2D eigenvalue weighted by Crippen LogP contribution is -2.22. The first-order valence-corrected chi connectivity index (χ1v) is 11.7. The standard InChI is InChI=1S/C24H22ClN3O3S/c25-17-7-5-8-18(15-17)28-23(30)20-10-1-2-11-21(20)27-24(28)32-14-4-3-12-22(29)26-16-19-9-6-13-31-19/h1-2,5-11,13,15H,3-4,12,14,16H2,(H,26,29). The van der Waals surface area contributed by atoms with E-state index in [0.29, 0.717) is 39.7 Å². The van der Waals surface area contributed by atoms with Gasteiger partial charge in [-0.2, -0.15) is 0 Å². The number of nitrogens with one attached hydrogen (secondary N) is 1. The molecule has 0 saturated carbocycles. The van der Waals surface area contributed by atoms with E-state index in [2.05, 4.69) is 5.32 Å². The fourth-order valence-corrected chi connectivity index (χ4v) is 4.49. The molecule has 1 N–H and O–H groups in total. The second kappa shape index (κ2) is 10.5. The molecule has 0 spiro atoms. The number of carbonyl (C=O) groups excluding carboxylic acids is 1. The maximum absolute atomic E-state index is 13.2. The highest BCUT2D eigenvalue weighted by Crippen LogP contribution is 2.24. The summed E-state index contributed by atoms with van der Waals surface area (Å²) < 4.78 is 6.82. The Morgan fingerprint density at radius 3 is 2.78 bits per heavy atom. The summed E-state index contributed by atoms with van der Waals surface area (Å²) in [5.41, 5.74) is 1.22. The quantitative estimate of drug-likeness (QED) is 0.208. The Morgan fingerprint density at radius 2 is 1.97 bits per heavy atom. The van der Waals surface area contributed by atoms with Crippen LogP contribution < -0.4 is 10.9 Å². The molecule has 2 aromatic carbocycles. The molecule has 0 fully saturated rings. The van der Waals surface area contributed by atoms with Crippen molar-refractivity contribution in [1.29, 1.82) is 0 Å². The molecule has 0 unspecified atom stereocenters. The summed E-state index contributed by atoms with van der Waals surface area (Å²) in [5.74, 6) is 1.46. The number of benzene rings is 2. The number of rotatable bonds is 9. The Bertz CT molecular complexity index is 1270. The zero-order chi connectivity index (χ0) is 22.3. The van der Waals surface area contributed by atoms with Crippen LogP contribution in [0.15, 0.2) is 81.3 Å². The zero-order valence-corrected chi connectivity index (χ0v) is 18.9. The molecule has 6 nitrogen and oxygen atoms in total. The Balaban J connectivity index is 1.41. The van der Waals surface area contributed by atoms with Gasteiger partial charge >= 0.3 is 0 Å². The Hall–Kier alpha value is -3.03. The second-order valence-electron chi connectivity index (χ2n) is 7.19. The third-order valence-corrected chi connectivity index (χ3v) is 6.14. The van der Waals surface area contributed by atoms with Crippen molar-refractivity contribution in [1.82, 2.24) is 14.9 Å². The lowest BCUT2D eigenvalue weighted by atomic mass is 10.2. The SMILES string of the molecule is O=C(CCCCSc1nc2ccccc2c(=O)n1-c1cccc(Cl)c1)NCc1ccco1. The predicted molar refractivity (Wildman–Crippen MR) is 127 cm³/mol. The summed E-state index contributed by atoms with van der Waals surface area (Å²) in [7, 11) is 0. The van der Waals surface area contributed by atoms with E-state index in [0.717, 1.165) is 24.4 Å². The second-order valence-corrected chi connectivity index (χ2v) is 8.69. The summed E-state index contributed by atoms with van der Waals surface area (Å²) >= 11 is 7.67. The fraction of sp³-hybridized carbons (Fsp3) is 0.208. The number of carbonyl (C=O) groups is 1. The van der Waals surface area contributed by atoms with Crippen molar-refractivity contribution >= 4 is 40.2 Å². The van der Waals surface area contributed by atoms with Crippen molar-refractivity contribution in [3.05, 3.63) is 88.1 Å². The van der Waals surface area contributed by atoms with E-state index in [1.807, 2.05) is 36.4 Å². The Morgan fingerprint density at radius 1 is 1.09 bits per heavy atom. The summed E-state index contributed by atoms with van der Waals surface area (Å²) in [6, 6.07) is 18.1. The number of thioether (sulfide) groups is 1. The van der Waals surface area contributed by atoms with Crippen LogP contribution in [0, 0.1) is 0 Å². The monoisotopic (exact) mass is 467 g/mol. The van der Waals surface area contributed by atoms with E-state index in [4.69, 9.17) is 21.0 Å². The maximum Gasteiger partial charge on any atom is 0.266 e. The van der Waals surface area contributed by atoms with Gasteiger partial charge in [0.05, 0.1) is 29.4 Å². The number of nitrogens with zero attached hydrogens (tertiary/aromatic N) is 2. The van der Waals surface area contributed by atoms with Gasteiger partial charge in [0.15, 0.2) is 5.16 Å². The largest absolute Gasteiger partial charge is 0.467 e. The van der Waals surface area contributed by atoms with Crippen molar-refractivity contribution in [2.45, 2.75) is 31.0 Å². The fourth-order valence-electron chi connectivity index (χ4n) is 3.29.